The number of sulfone groups is 1. The molecule has 0 amide bonds. The fourth-order valence-corrected chi connectivity index (χ4v) is 2.29. The highest BCUT2D eigenvalue weighted by atomic mass is 32.2. The van der Waals surface area contributed by atoms with Gasteiger partial charge < -0.3 is 15.5 Å². The smallest absolute Gasteiger partial charge is 0.175 e. The van der Waals surface area contributed by atoms with Crippen molar-refractivity contribution in [2.45, 2.75) is 36.9 Å². The highest BCUT2D eigenvalue weighted by Gasteiger charge is 2.17. The maximum Gasteiger partial charge on any atom is 0.175 e. The molecule has 2 atom stereocenters. The molecule has 0 saturated heterocycles. The Bertz CT molecular complexity index is 523. The molecular formula is C14H23NO4S. The van der Waals surface area contributed by atoms with Crippen LogP contribution in [0.15, 0.2) is 29.2 Å². The third-order valence-corrected chi connectivity index (χ3v) is 4.43. The Morgan fingerprint density at radius 3 is 2.30 bits per heavy atom. The summed E-state index contributed by atoms with van der Waals surface area (Å²) in [5.41, 5.74) is -0.152. The van der Waals surface area contributed by atoms with Gasteiger partial charge in [0.15, 0.2) is 9.84 Å². The topological polar surface area (TPSA) is 86.6 Å². The van der Waals surface area contributed by atoms with E-state index in [1.165, 1.54) is 12.1 Å². The molecule has 20 heavy (non-hydrogen) atoms. The first-order chi connectivity index (χ1) is 9.15. The summed E-state index contributed by atoms with van der Waals surface area (Å²) in [6.45, 7) is 4.31. The van der Waals surface area contributed by atoms with Gasteiger partial charge in [-0.3, -0.25) is 0 Å². The van der Waals surface area contributed by atoms with E-state index in [-0.39, 0.29) is 4.90 Å². The normalized spacial score (nSPS) is 16.6. The zero-order valence-electron chi connectivity index (χ0n) is 12.1. The van der Waals surface area contributed by atoms with Crippen LogP contribution in [0, 0.1) is 0 Å². The van der Waals surface area contributed by atoms with Gasteiger partial charge in [0, 0.05) is 19.3 Å². The summed E-state index contributed by atoms with van der Waals surface area (Å²) in [6, 6.07) is 6.16. The van der Waals surface area contributed by atoms with Crippen LogP contribution in [0.25, 0.3) is 0 Å². The SMILES string of the molecule is CCC(C)(O)CNCC(O)c1ccc(S(C)(=O)=O)cc1. The maximum absolute atomic E-state index is 11.3. The molecule has 0 aliphatic carbocycles. The summed E-state index contributed by atoms with van der Waals surface area (Å²) < 4.78 is 22.7. The minimum absolute atomic E-state index is 0.232. The predicted octanol–water partition coefficient (Wildman–Crippen LogP) is 0.874. The van der Waals surface area contributed by atoms with Gasteiger partial charge in [0.05, 0.1) is 16.6 Å². The van der Waals surface area contributed by atoms with Crippen LogP contribution in [-0.2, 0) is 9.84 Å². The molecule has 5 nitrogen and oxygen atoms in total. The molecule has 0 aliphatic heterocycles. The van der Waals surface area contributed by atoms with Gasteiger partial charge in [-0.25, -0.2) is 8.42 Å². The number of aliphatic hydroxyl groups is 2. The Labute approximate surface area is 120 Å². The first-order valence-corrected chi connectivity index (χ1v) is 8.46. The quantitative estimate of drug-likeness (QED) is 0.696. The predicted molar refractivity (Wildman–Crippen MR) is 78.3 cm³/mol. The Morgan fingerprint density at radius 1 is 1.30 bits per heavy atom. The molecule has 114 valence electrons. The maximum atomic E-state index is 11.3. The molecule has 0 bridgehead atoms. The summed E-state index contributed by atoms with van der Waals surface area (Å²) in [5, 5.41) is 22.8. The van der Waals surface area contributed by atoms with Crippen molar-refractivity contribution in [3.05, 3.63) is 29.8 Å². The number of hydrogen-bond donors (Lipinski definition) is 3. The summed E-state index contributed by atoms with van der Waals surface area (Å²) >= 11 is 0. The Balaban J connectivity index is 2.58. The van der Waals surface area contributed by atoms with Gasteiger partial charge in [0.2, 0.25) is 0 Å². The van der Waals surface area contributed by atoms with Crippen LogP contribution in [0.4, 0.5) is 0 Å². The second-order valence-electron chi connectivity index (χ2n) is 5.34. The van der Waals surface area contributed by atoms with Gasteiger partial charge in [0.25, 0.3) is 0 Å². The van der Waals surface area contributed by atoms with Crippen LogP contribution in [-0.4, -0.2) is 43.6 Å². The highest BCUT2D eigenvalue weighted by Crippen LogP contribution is 2.16. The number of benzene rings is 1. The van der Waals surface area contributed by atoms with Gasteiger partial charge in [-0.1, -0.05) is 19.1 Å². The Hall–Kier alpha value is -0.950. The van der Waals surface area contributed by atoms with Gasteiger partial charge >= 0.3 is 0 Å². The lowest BCUT2D eigenvalue weighted by atomic mass is 10.0. The molecule has 0 aromatic heterocycles. The van der Waals surface area contributed by atoms with Crippen molar-refractivity contribution in [1.82, 2.24) is 5.32 Å². The van der Waals surface area contributed by atoms with Gasteiger partial charge in [0.1, 0.15) is 0 Å². The summed E-state index contributed by atoms with van der Waals surface area (Å²) in [6.07, 6.45) is 1.03. The third-order valence-electron chi connectivity index (χ3n) is 3.30. The second kappa shape index (κ2) is 6.67. The lowest BCUT2D eigenvalue weighted by molar-refractivity contribution is 0.0516. The number of aliphatic hydroxyl groups excluding tert-OH is 1. The molecule has 1 aromatic carbocycles. The largest absolute Gasteiger partial charge is 0.389 e. The van der Waals surface area contributed by atoms with Crippen molar-refractivity contribution in [2.24, 2.45) is 0 Å². The zero-order chi connectivity index (χ0) is 15.4. The third kappa shape index (κ3) is 5.20. The van der Waals surface area contributed by atoms with Crippen LogP contribution in [0.3, 0.4) is 0 Å². The fourth-order valence-electron chi connectivity index (χ4n) is 1.66. The Kier molecular flexibility index (Phi) is 5.70. The van der Waals surface area contributed by atoms with Crippen LogP contribution in [0.5, 0.6) is 0 Å². The minimum atomic E-state index is -3.22. The zero-order valence-corrected chi connectivity index (χ0v) is 12.9. The molecule has 1 aromatic rings. The lowest BCUT2D eigenvalue weighted by Crippen LogP contribution is -2.38. The van der Waals surface area contributed by atoms with E-state index in [9.17, 15) is 18.6 Å². The van der Waals surface area contributed by atoms with E-state index in [0.29, 0.717) is 25.1 Å². The average molecular weight is 301 g/mol. The minimum Gasteiger partial charge on any atom is -0.389 e. The molecular weight excluding hydrogens is 278 g/mol. The van der Waals surface area contributed by atoms with Crippen LogP contribution in [0.2, 0.25) is 0 Å². The van der Waals surface area contributed by atoms with Crippen LogP contribution in [0.1, 0.15) is 31.9 Å². The first-order valence-electron chi connectivity index (χ1n) is 6.57. The van der Waals surface area contributed by atoms with E-state index in [0.717, 1.165) is 6.26 Å². The number of rotatable bonds is 7. The van der Waals surface area contributed by atoms with Crippen molar-refractivity contribution >= 4 is 9.84 Å². The van der Waals surface area contributed by atoms with Crippen molar-refractivity contribution in [3.8, 4) is 0 Å². The fraction of sp³-hybridized carbons (Fsp3) is 0.571. The van der Waals surface area contributed by atoms with Crippen molar-refractivity contribution < 1.29 is 18.6 Å². The Morgan fingerprint density at radius 2 is 1.85 bits per heavy atom. The molecule has 0 saturated carbocycles. The summed E-state index contributed by atoms with van der Waals surface area (Å²) in [4.78, 5) is 0.232. The molecule has 0 heterocycles. The van der Waals surface area contributed by atoms with Crippen molar-refractivity contribution in [3.63, 3.8) is 0 Å². The molecule has 2 unspecified atom stereocenters. The van der Waals surface area contributed by atoms with Crippen molar-refractivity contribution in [2.75, 3.05) is 19.3 Å². The molecule has 6 heteroatoms. The van der Waals surface area contributed by atoms with Gasteiger partial charge in [-0.05, 0) is 31.0 Å². The molecule has 0 fully saturated rings. The number of nitrogens with one attached hydrogen (secondary N) is 1. The van der Waals surface area contributed by atoms with E-state index in [1.54, 1.807) is 19.1 Å². The monoisotopic (exact) mass is 301 g/mol. The highest BCUT2D eigenvalue weighted by molar-refractivity contribution is 7.90. The second-order valence-corrected chi connectivity index (χ2v) is 7.35. The molecule has 0 spiro atoms. The van der Waals surface area contributed by atoms with E-state index >= 15 is 0 Å². The number of hydrogen-bond acceptors (Lipinski definition) is 5. The molecule has 0 aliphatic rings. The first kappa shape index (κ1) is 17.1. The standard InChI is InChI=1S/C14H23NO4S/c1-4-14(2,17)10-15-9-13(16)11-5-7-12(8-6-11)20(3,18)19/h5-8,13,15-17H,4,9-10H2,1-3H3. The van der Waals surface area contributed by atoms with E-state index in [2.05, 4.69) is 5.32 Å². The van der Waals surface area contributed by atoms with E-state index in [4.69, 9.17) is 0 Å². The summed E-state index contributed by atoms with van der Waals surface area (Å²) in [7, 11) is -3.22. The van der Waals surface area contributed by atoms with Gasteiger partial charge in [-0.2, -0.15) is 0 Å². The van der Waals surface area contributed by atoms with Gasteiger partial charge in [-0.15, -0.1) is 0 Å². The van der Waals surface area contributed by atoms with E-state index in [1.807, 2.05) is 6.92 Å². The van der Waals surface area contributed by atoms with Crippen LogP contribution < -0.4 is 5.32 Å². The molecule has 3 N–H and O–H groups in total. The average Bonchev–Trinajstić information content (AvgIpc) is 2.37. The van der Waals surface area contributed by atoms with Crippen molar-refractivity contribution in [1.29, 1.82) is 0 Å². The summed E-state index contributed by atoms with van der Waals surface area (Å²) in [5.74, 6) is 0. The molecule has 0 radical (unpaired) electrons. The van der Waals surface area contributed by atoms with E-state index < -0.39 is 21.5 Å². The van der Waals surface area contributed by atoms with Crippen LogP contribution >= 0.6 is 0 Å². The lowest BCUT2D eigenvalue weighted by Gasteiger charge is -2.22. The molecule has 1 rings (SSSR count).